The van der Waals surface area contributed by atoms with Crippen molar-refractivity contribution in [1.82, 2.24) is 4.31 Å². The third-order valence-electron chi connectivity index (χ3n) is 5.90. The molecule has 3 aromatic rings. The topological polar surface area (TPSA) is 63.7 Å². The van der Waals surface area contributed by atoms with Crippen LogP contribution >= 0.6 is 0 Å². The first-order chi connectivity index (χ1) is 16.6. The van der Waals surface area contributed by atoms with E-state index in [1.54, 1.807) is 0 Å². The summed E-state index contributed by atoms with van der Waals surface area (Å²) in [6.07, 6.45) is -0.158. The van der Waals surface area contributed by atoms with E-state index in [-0.39, 0.29) is 35.8 Å². The van der Waals surface area contributed by atoms with Gasteiger partial charge in [0, 0.05) is 37.4 Å². The minimum atomic E-state index is -4.26. The van der Waals surface area contributed by atoms with Gasteiger partial charge in [0.05, 0.1) is 4.90 Å². The van der Waals surface area contributed by atoms with E-state index in [4.69, 9.17) is 0 Å². The Morgan fingerprint density at radius 3 is 2.00 bits per heavy atom. The molecule has 1 atom stereocenters. The number of piperidine rings is 1. The third kappa shape index (κ3) is 5.54. The van der Waals surface area contributed by atoms with E-state index in [0.29, 0.717) is 11.1 Å². The maximum absolute atomic E-state index is 13.7. The average Bonchev–Trinajstić information content (AvgIpc) is 2.81. The molecular formula is C25H21F4NO4S. The van der Waals surface area contributed by atoms with Gasteiger partial charge in [0.2, 0.25) is 10.0 Å². The highest BCUT2D eigenvalue weighted by Crippen LogP contribution is 2.38. The van der Waals surface area contributed by atoms with Gasteiger partial charge >= 0.3 is 6.61 Å². The summed E-state index contributed by atoms with van der Waals surface area (Å²) in [5.74, 6) is -2.20. The van der Waals surface area contributed by atoms with Crippen molar-refractivity contribution < 1.29 is 35.5 Å². The van der Waals surface area contributed by atoms with Crippen molar-refractivity contribution in [3.05, 3.63) is 95.6 Å². The van der Waals surface area contributed by atoms with Gasteiger partial charge < -0.3 is 4.74 Å². The third-order valence-corrected chi connectivity index (χ3v) is 7.82. The van der Waals surface area contributed by atoms with Crippen LogP contribution in [0.5, 0.6) is 5.75 Å². The summed E-state index contributed by atoms with van der Waals surface area (Å²) in [5.41, 5.74) is 1.07. The number of benzene rings is 3. The summed E-state index contributed by atoms with van der Waals surface area (Å²) in [6.45, 7) is -3.26. The van der Waals surface area contributed by atoms with Gasteiger partial charge in [0.25, 0.3) is 0 Å². The normalized spacial score (nSPS) is 17.2. The van der Waals surface area contributed by atoms with Gasteiger partial charge in [-0.3, -0.25) is 4.79 Å². The number of hydrogen-bond acceptors (Lipinski definition) is 4. The van der Waals surface area contributed by atoms with Gasteiger partial charge in [-0.2, -0.15) is 13.1 Å². The van der Waals surface area contributed by atoms with Crippen molar-refractivity contribution in [2.75, 3.05) is 6.54 Å². The first kappa shape index (κ1) is 24.9. The molecule has 0 aromatic heterocycles. The first-order valence-corrected chi connectivity index (χ1v) is 12.2. The summed E-state index contributed by atoms with van der Waals surface area (Å²) in [5, 5.41) is 0. The van der Waals surface area contributed by atoms with Gasteiger partial charge in [0.15, 0.2) is 0 Å². The summed E-state index contributed by atoms with van der Waals surface area (Å²) < 4.78 is 85.5. The Balaban J connectivity index is 1.81. The van der Waals surface area contributed by atoms with E-state index in [1.807, 2.05) is 0 Å². The van der Waals surface area contributed by atoms with E-state index in [0.717, 1.165) is 10.4 Å². The standard InChI is InChI=1S/C25H21F4NO4S/c26-18-8-4-16(5-9-18)24(17-6-10-19(27)11-7-17)23-14-20(31)12-13-30(23)35(32,33)22-3-1-2-21(15-22)34-25(28)29/h1-11,15,23-25H,12-14H2. The Bertz CT molecular complexity index is 1250. The molecule has 4 rings (SSSR count). The SMILES string of the molecule is O=C1CCN(S(=O)(=O)c2cccc(OC(F)F)c2)C(C(c2ccc(F)cc2)c2ccc(F)cc2)C1. The molecule has 0 radical (unpaired) electrons. The van der Waals surface area contributed by atoms with Crippen molar-refractivity contribution >= 4 is 15.8 Å². The molecule has 3 aromatic carbocycles. The molecule has 10 heteroatoms. The maximum Gasteiger partial charge on any atom is 0.387 e. The highest BCUT2D eigenvalue weighted by atomic mass is 32.2. The van der Waals surface area contributed by atoms with Crippen LogP contribution in [-0.4, -0.2) is 37.7 Å². The van der Waals surface area contributed by atoms with Crippen molar-refractivity contribution in [2.45, 2.75) is 36.3 Å². The quantitative estimate of drug-likeness (QED) is 0.417. The Kier molecular flexibility index (Phi) is 7.23. The van der Waals surface area contributed by atoms with Crippen LogP contribution in [0.15, 0.2) is 77.7 Å². The van der Waals surface area contributed by atoms with Crippen LogP contribution in [0.2, 0.25) is 0 Å². The number of halogens is 4. The number of nitrogens with zero attached hydrogens (tertiary/aromatic N) is 1. The second-order valence-corrected chi connectivity index (χ2v) is 10.0. The monoisotopic (exact) mass is 507 g/mol. The van der Waals surface area contributed by atoms with Crippen molar-refractivity contribution in [3.63, 3.8) is 0 Å². The van der Waals surface area contributed by atoms with Crippen molar-refractivity contribution in [1.29, 1.82) is 0 Å². The Morgan fingerprint density at radius 2 is 1.46 bits per heavy atom. The molecule has 1 aliphatic rings. The molecule has 1 unspecified atom stereocenters. The highest BCUT2D eigenvalue weighted by Gasteiger charge is 2.41. The number of sulfonamides is 1. The van der Waals surface area contributed by atoms with Crippen LogP contribution in [0, 0.1) is 11.6 Å². The lowest BCUT2D eigenvalue weighted by molar-refractivity contribution is -0.122. The fourth-order valence-electron chi connectivity index (χ4n) is 4.34. The lowest BCUT2D eigenvalue weighted by Gasteiger charge is -2.39. The second-order valence-electron chi connectivity index (χ2n) is 8.11. The number of ketones is 1. The van der Waals surface area contributed by atoms with E-state index >= 15 is 0 Å². The number of alkyl halides is 2. The van der Waals surface area contributed by atoms with Gasteiger partial charge in [-0.1, -0.05) is 30.3 Å². The smallest absolute Gasteiger partial charge is 0.387 e. The van der Waals surface area contributed by atoms with Crippen LogP contribution in [0.3, 0.4) is 0 Å². The molecule has 5 nitrogen and oxygen atoms in total. The minimum Gasteiger partial charge on any atom is -0.435 e. The summed E-state index contributed by atoms with van der Waals surface area (Å²) in [4.78, 5) is 12.2. The average molecular weight is 508 g/mol. The number of ether oxygens (including phenoxy) is 1. The van der Waals surface area contributed by atoms with Gasteiger partial charge in [0.1, 0.15) is 23.2 Å². The van der Waals surface area contributed by atoms with E-state index in [1.165, 1.54) is 66.7 Å². The molecule has 1 saturated heterocycles. The molecular weight excluding hydrogens is 486 g/mol. The molecule has 0 spiro atoms. The maximum atomic E-state index is 13.7. The zero-order valence-corrected chi connectivity index (χ0v) is 19.1. The molecule has 0 N–H and O–H groups in total. The molecule has 1 heterocycles. The molecule has 35 heavy (non-hydrogen) atoms. The Hall–Kier alpha value is -3.24. The number of rotatable bonds is 7. The van der Waals surface area contributed by atoms with E-state index < -0.39 is 40.2 Å². The van der Waals surface area contributed by atoms with Crippen LogP contribution < -0.4 is 4.74 Å². The molecule has 1 fully saturated rings. The van der Waals surface area contributed by atoms with Gasteiger partial charge in [-0.05, 0) is 47.5 Å². The largest absolute Gasteiger partial charge is 0.435 e. The van der Waals surface area contributed by atoms with Gasteiger partial charge in [-0.25, -0.2) is 17.2 Å². The number of carbonyl (C=O) groups is 1. The van der Waals surface area contributed by atoms with Crippen molar-refractivity contribution in [2.24, 2.45) is 0 Å². The molecule has 0 aliphatic carbocycles. The predicted molar refractivity (Wildman–Crippen MR) is 120 cm³/mol. The number of carbonyl (C=O) groups excluding carboxylic acids is 1. The second kappa shape index (κ2) is 10.2. The summed E-state index contributed by atoms with van der Waals surface area (Å²) in [7, 11) is -4.26. The summed E-state index contributed by atoms with van der Waals surface area (Å²) in [6, 6.07) is 14.7. The van der Waals surface area contributed by atoms with E-state index in [2.05, 4.69) is 4.74 Å². The van der Waals surface area contributed by atoms with Crippen molar-refractivity contribution in [3.8, 4) is 5.75 Å². The van der Waals surface area contributed by atoms with Crippen LogP contribution in [-0.2, 0) is 14.8 Å². The predicted octanol–water partition coefficient (Wildman–Crippen LogP) is 5.12. The minimum absolute atomic E-state index is 0.0253. The number of Topliss-reactive ketones (excluding diaryl/α,β-unsaturated/α-hetero) is 1. The summed E-state index contributed by atoms with van der Waals surface area (Å²) >= 11 is 0. The molecule has 0 saturated carbocycles. The highest BCUT2D eigenvalue weighted by molar-refractivity contribution is 7.89. The molecule has 0 bridgehead atoms. The van der Waals surface area contributed by atoms with Crippen LogP contribution in [0.1, 0.15) is 29.9 Å². The fourth-order valence-corrected chi connectivity index (χ4v) is 6.01. The van der Waals surface area contributed by atoms with Crippen LogP contribution in [0.25, 0.3) is 0 Å². The van der Waals surface area contributed by atoms with Crippen LogP contribution in [0.4, 0.5) is 17.6 Å². The molecule has 184 valence electrons. The zero-order valence-electron chi connectivity index (χ0n) is 18.3. The number of hydrogen-bond donors (Lipinski definition) is 0. The fraction of sp³-hybridized carbons (Fsp3) is 0.240. The molecule has 1 aliphatic heterocycles. The van der Waals surface area contributed by atoms with Gasteiger partial charge in [-0.15, -0.1) is 0 Å². The molecule has 0 amide bonds. The zero-order chi connectivity index (χ0) is 25.2. The Labute approximate surface area is 200 Å². The Morgan fingerprint density at radius 1 is 0.886 bits per heavy atom. The lowest BCUT2D eigenvalue weighted by Crippen LogP contribution is -2.49. The van der Waals surface area contributed by atoms with E-state index in [9.17, 15) is 30.8 Å². The first-order valence-electron chi connectivity index (χ1n) is 10.7. The lowest BCUT2D eigenvalue weighted by atomic mass is 9.81.